The van der Waals surface area contributed by atoms with Crippen molar-refractivity contribution in [1.82, 2.24) is 0 Å². The Labute approximate surface area is 93.9 Å². The number of ether oxygens (including phenoxy) is 1. The highest BCUT2D eigenvalue weighted by Gasteiger charge is 2.28. The Morgan fingerprint density at radius 3 is 2.50 bits per heavy atom. The second kappa shape index (κ2) is 4.89. The van der Waals surface area contributed by atoms with E-state index in [2.05, 4.69) is 0 Å². The minimum atomic E-state index is -1.42. The lowest BCUT2D eigenvalue weighted by Crippen LogP contribution is -2.25. The Bertz CT molecular complexity index is 376. The molecule has 4 heteroatoms. The molecule has 0 aliphatic carbocycles. The number of rotatable bonds is 4. The van der Waals surface area contributed by atoms with Crippen LogP contribution in [0, 0.1) is 18.6 Å². The molecule has 0 radical (unpaired) electrons. The number of halogens is 2. The van der Waals surface area contributed by atoms with Gasteiger partial charge in [-0.15, -0.1) is 0 Å². The van der Waals surface area contributed by atoms with E-state index >= 15 is 0 Å². The number of methoxy groups -OCH3 is 1. The van der Waals surface area contributed by atoms with Crippen LogP contribution in [0.5, 0.6) is 0 Å². The van der Waals surface area contributed by atoms with Gasteiger partial charge in [-0.05, 0) is 19.4 Å². The molecule has 1 atom stereocenters. The molecular formula is C12H16F2O2. The number of hydrogen-bond acceptors (Lipinski definition) is 2. The Kier molecular flexibility index (Phi) is 3.99. The zero-order chi connectivity index (χ0) is 12.3. The van der Waals surface area contributed by atoms with Gasteiger partial charge in [-0.2, -0.15) is 0 Å². The van der Waals surface area contributed by atoms with Gasteiger partial charge in [0.1, 0.15) is 0 Å². The molecule has 1 aromatic rings. The molecule has 0 aliphatic rings. The van der Waals surface area contributed by atoms with Crippen molar-refractivity contribution in [3.05, 3.63) is 34.9 Å². The van der Waals surface area contributed by atoms with E-state index in [4.69, 9.17) is 4.74 Å². The summed E-state index contributed by atoms with van der Waals surface area (Å²) >= 11 is 0. The summed E-state index contributed by atoms with van der Waals surface area (Å²) < 4.78 is 31.8. The van der Waals surface area contributed by atoms with Gasteiger partial charge in [0.2, 0.25) is 0 Å². The van der Waals surface area contributed by atoms with Crippen molar-refractivity contribution in [2.75, 3.05) is 13.7 Å². The molecule has 1 N–H and O–H groups in total. The van der Waals surface area contributed by atoms with Crippen LogP contribution in [-0.4, -0.2) is 18.8 Å². The van der Waals surface area contributed by atoms with Crippen LogP contribution in [0.2, 0.25) is 0 Å². The summed E-state index contributed by atoms with van der Waals surface area (Å²) in [6.45, 7) is 3.20. The Morgan fingerprint density at radius 2 is 1.94 bits per heavy atom. The van der Waals surface area contributed by atoms with Gasteiger partial charge in [-0.1, -0.05) is 12.1 Å². The predicted molar refractivity (Wildman–Crippen MR) is 57.2 cm³/mol. The lowest BCUT2D eigenvalue weighted by atomic mass is 9.91. The maximum absolute atomic E-state index is 13.6. The van der Waals surface area contributed by atoms with Crippen LogP contribution in [0.4, 0.5) is 8.78 Å². The average molecular weight is 230 g/mol. The highest BCUT2D eigenvalue weighted by atomic mass is 19.2. The van der Waals surface area contributed by atoms with Crippen LogP contribution < -0.4 is 0 Å². The topological polar surface area (TPSA) is 29.5 Å². The highest BCUT2D eigenvalue weighted by Crippen LogP contribution is 2.29. The van der Waals surface area contributed by atoms with Crippen LogP contribution >= 0.6 is 0 Å². The van der Waals surface area contributed by atoms with Gasteiger partial charge in [0, 0.05) is 25.7 Å². The third-order valence-corrected chi connectivity index (χ3v) is 2.65. The van der Waals surface area contributed by atoms with Crippen LogP contribution in [0.3, 0.4) is 0 Å². The smallest absolute Gasteiger partial charge is 0.165 e. The largest absolute Gasteiger partial charge is 0.385 e. The highest BCUT2D eigenvalue weighted by molar-refractivity contribution is 5.29. The van der Waals surface area contributed by atoms with E-state index < -0.39 is 17.2 Å². The quantitative estimate of drug-likeness (QED) is 0.861. The van der Waals surface area contributed by atoms with E-state index in [9.17, 15) is 13.9 Å². The minimum Gasteiger partial charge on any atom is -0.385 e. The van der Waals surface area contributed by atoms with E-state index in [0.29, 0.717) is 0 Å². The van der Waals surface area contributed by atoms with E-state index in [-0.39, 0.29) is 24.2 Å². The third-order valence-electron chi connectivity index (χ3n) is 2.65. The van der Waals surface area contributed by atoms with Crippen molar-refractivity contribution >= 4 is 0 Å². The van der Waals surface area contributed by atoms with Crippen LogP contribution in [0.1, 0.15) is 24.5 Å². The monoisotopic (exact) mass is 230 g/mol. The Hall–Kier alpha value is -1.00. The molecule has 16 heavy (non-hydrogen) atoms. The van der Waals surface area contributed by atoms with E-state index in [1.165, 1.54) is 33.1 Å². The van der Waals surface area contributed by atoms with Gasteiger partial charge in [0.05, 0.1) is 5.60 Å². The number of hydrogen-bond donors (Lipinski definition) is 1. The molecule has 0 heterocycles. The number of aliphatic hydroxyl groups is 1. The summed E-state index contributed by atoms with van der Waals surface area (Å²) in [5, 5.41) is 10.0. The molecule has 0 aliphatic heterocycles. The molecule has 1 unspecified atom stereocenters. The van der Waals surface area contributed by atoms with Crippen molar-refractivity contribution in [3.8, 4) is 0 Å². The second-order valence-electron chi connectivity index (χ2n) is 4.07. The summed E-state index contributed by atoms with van der Waals surface area (Å²) in [6.07, 6.45) is 0.211. The van der Waals surface area contributed by atoms with Crippen LogP contribution in [0.15, 0.2) is 12.1 Å². The summed E-state index contributed by atoms with van der Waals surface area (Å²) in [6, 6.07) is 2.86. The SMILES string of the molecule is COCCC(C)(O)c1ccc(C)c(F)c1F. The van der Waals surface area contributed by atoms with Crippen molar-refractivity contribution in [2.24, 2.45) is 0 Å². The van der Waals surface area contributed by atoms with E-state index in [0.717, 1.165) is 0 Å². The van der Waals surface area contributed by atoms with E-state index in [1.807, 2.05) is 0 Å². The normalized spacial score (nSPS) is 14.9. The standard InChI is InChI=1S/C12H16F2O2/c1-8-4-5-9(11(14)10(8)13)12(2,15)6-7-16-3/h4-5,15H,6-7H2,1-3H3. The molecule has 0 fully saturated rings. The molecule has 0 bridgehead atoms. The number of aryl methyl sites for hydroxylation is 1. The predicted octanol–water partition coefficient (Wildman–Crippen LogP) is 2.52. The summed E-state index contributed by atoms with van der Waals surface area (Å²) in [5.41, 5.74) is -1.23. The van der Waals surface area contributed by atoms with Gasteiger partial charge in [0.15, 0.2) is 11.6 Å². The zero-order valence-corrected chi connectivity index (χ0v) is 9.68. The third kappa shape index (κ3) is 2.57. The van der Waals surface area contributed by atoms with Gasteiger partial charge in [-0.25, -0.2) is 8.78 Å². The molecule has 2 nitrogen and oxygen atoms in total. The van der Waals surface area contributed by atoms with Crippen LogP contribution in [0.25, 0.3) is 0 Å². The minimum absolute atomic E-state index is 0.0346. The van der Waals surface area contributed by atoms with Crippen molar-refractivity contribution in [3.63, 3.8) is 0 Å². The maximum atomic E-state index is 13.6. The summed E-state index contributed by atoms with van der Waals surface area (Å²) in [5.74, 6) is -1.89. The molecule has 90 valence electrons. The van der Waals surface area contributed by atoms with Gasteiger partial charge in [-0.3, -0.25) is 0 Å². The molecule has 0 aromatic heterocycles. The van der Waals surface area contributed by atoms with E-state index in [1.54, 1.807) is 0 Å². The average Bonchev–Trinajstić information content (AvgIpc) is 2.23. The first-order chi connectivity index (χ1) is 7.40. The molecule has 0 amide bonds. The summed E-state index contributed by atoms with van der Waals surface area (Å²) in [7, 11) is 1.49. The molecule has 1 aromatic carbocycles. The van der Waals surface area contributed by atoms with Gasteiger partial charge < -0.3 is 9.84 Å². The number of benzene rings is 1. The Balaban J connectivity index is 3.08. The van der Waals surface area contributed by atoms with Crippen LogP contribution in [-0.2, 0) is 10.3 Å². The lowest BCUT2D eigenvalue weighted by Gasteiger charge is -2.24. The fourth-order valence-electron chi connectivity index (χ4n) is 1.50. The van der Waals surface area contributed by atoms with Crippen molar-refractivity contribution in [1.29, 1.82) is 0 Å². The maximum Gasteiger partial charge on any atom is 0.165 e. The molecule has 0 saturated heterocycles. The first-order valence-electron chi connectivity index (χ1n) is 5.06. The van der Waals surface area contributed by atoms with Crippen molar-refractivity contribution < 1.29 is 18.6 Å². The van der Waals surface area contributed by atoms with Gasteiger partial charge in [0.25, 0.3) is 0 Å². The fourth-order valence-corrected chi connectivity index (χ4v) is 1.50. The lowest BCUT2D eigenvalue weighted by molar-refractivity contribution is 0.0176. The zero-order valence-electron chi connectivity index (χ0n) is 9.68. The molecule has 0 spiro atoms. The summed E-state index contributed by atoms with van der Waals surface area (Å²) in [4.78, 5) is 0. The fraction of sp³-hybridized carbons (Fsp3) is 0.500. The molecule has 1 rings (SSSR count). The Morgan fingerprint density at radius 1 is 1.31 bits per heavy atom. The van der Waals surface area contributed by atoms with Crippen molar-refractivity contribution in [2.45, 2.75) is 25.9 Å². The van der Waals surface area contributed by atoms with Gasteiger partial charge >= 0.3 is 0 Å². The first-order valence-corrected chi connectivity index (χ1v) is 5.06. The first kappa shape index (κ1) is 13.1. The second-order valence-corrected chi connectivity index (χ2v) is 4.07. The molecule has 0 saturated carbocycles. The molecular weight excluding hydrogens is 214 g/mol.